The second-order valence-electron chi connectivity index (χ2n) is 4.10. The summed E-state index contributed by atoms with van der Waals surface area (Å²) in [5.74, 6) is 0.607. The number of hydrogen-bond donors (Lipinski definition) is 1. The van der Waals surface area contributed by atoms with Gasteiger partial charge in [0, 0.05) is 17.4 Å². The van der Waals surface area contributed by atoms with Crippen LogP contribution in [-0.2, 0) is 0 Å². The lowest BCUT2D eigenvalue weighted by molar-refractivity contribution is 0.777. The predicted molar refractivity (Wildman–Crippen MR) is 69.0 cm³/mol. The van der Waals surface area contributed by atoms with Crippen molar-refractivity contribution in [2.45, 2.75) is 19.9 Å². The Labute approximate surface area is 106 Å². The largest absolute Gasteiger partial charge is 0.318 e. The zero-order chi connectivity index (χ0) is 12.4. The van der Waals surface area contributed by atoms with E-state index in [0.29, 0.717) is 10.8 Å². The SMILES string of the molecule is Cc1cnc(C(N)c2ccc(C)c(Cl)c2)nc1. The molecule has 0 radical (unpaired) electrons. The fourth-order valence-corrected chi connectivity index (χ4v) is 1.70. The lowest BCUT2D eigenvalue weighted by Gasteiger charge is -2.11. The number of nitrogens with two attached hydrogens (primary N) is 1. The number of benzene rings is 1. The van der Waals surface area contributed by atoms with Crippen molar-refractivity contribution in [3.05, 3.63) is 58.1 Å². The Morgan fingerprint density at radius 3 is 2.41 bits per heavy atom. The third-order valence-electron chi connectivity index (χ3n) is 2.63. The minimum Gasteiger partial charge on any atom is -0.318 e. The lowest BCUT2D eigenvalue weighted by Crippen LogP contribution is -2.15. The van der Waals surface area contributed by atoms with Crippen molar-refractivity contribution in [1.82, 2.24) is 9.97 Å². The molecule has 2 rings (SSSR count). The fraction of sp³-hybridized carbons (Fsp3) is 0.231. The molecule has 0 saturated heterocycles. The molecule has 4 heteroatoms. The van der Waals surface area contributed by atoms with Crippen LogP contribution in [0, 0.1) is 13.8 Å². The molecule has 17 heavy (non-hydrogen) atoms. The van der Waals surface area contributed by atoms with E-state index >= 15 is 0 Å². The van der Waals surface area contributed by atoms with Gasteiger partial charge in [-0.2, -0.15) is 0 Å². The molecule has 0 aliphatic carbocycles. The van der Waals surface area contributed by atoms with Crippen LogP contribution in [0.4, 0.5) is 0 Å². The van der Waals surface area contributed by atoms with E-state index in [0.717, 1.165) is 16.7 Å². The standard InChI is InChI=1S/C13H14ClN3/c1-8-6-16-13(17-7-8)12(15)10-4-3-9(2)11(14)5-10/h3-7,12H,15H2,1-2H3. The van der Waals surface area contributed by atoms with Crippen molar-refractivity contribution in [1.29, 1.82) is 0 Å². The van der Waals surface area contributed by atoms with Gasteiger partial charge in [-0.15, -0.1) is 0 Å². The molecule has 0 aliphatic rings. The molecule has 1 atom stereocenters. The van der Waals surface area contributed by atoms with Crippen LogP contribution in [0.25, 0.3) is 0 Å². The van der Waals surface area contributed by atoms with Crippen molar-refractivity contribution >= 4 is 11.6 Å². The predicted octanol–water partition coefficient (Wildman–Crippen LogP) is 2.79. The monoisotopic (exact) mass is 247 g/mol. The molecule has 1 aromatic heterocycles. The number of aryl methyl sites for hydroxylation is 2. The molecular formula is C13H14ClN3. The summed E-state index contributed by atoms with van der Waals surface area (Å²) in [5, 5.41) is 0.713. The summed E-state index contributed by atoms with van der Waals surface area (Å²) in [6.07, 6.45) is 3.52. The molecule has 88 valence electrons. The molecule has 1 aromatic carbocycles. The van der Waals surface area contributed by atoms with Crippen molar-refractivity contribution in [2.75, 3.05) is 0 Å². The Balaban J connectivity index is 2.33. The molecule has 0 spiro atoms. The van der Waals surface area contributed by atoms with Crippen molar-refractivity contribution in [3.8, 4) is 0 Å². The van der Waals surface area contributed by atoms with Crippen LogP contribution in [0.1, 0.15) is 28.6 Å². The smallest absolute Gasteiger partial charge is 0.149 e. The minimum atomic E-state index is -0.339. The Morgan fingerprint density at radius 1 is 1.18 bits per heavy atom. The molecule has 0 amide bonds. The normalized spacial score (nSPS) is 12.5. The molecule has 2 aromatic rings. The minimum absolute atomic E-state index is 0.339. The number of hydrogen-bond acceptors (Lipinski definition) is 3. The van der Waals surface area contributed by atoms with Crippen molar-refractivity contribution < 1.29 is 0 Å². The maximum atomic E-state index is 6.10. The van der Waals surface area contributed by atoms with Gasteiger partial charge in [-0.25, -0.2) is 9.97 Å². The average molecular weight is 248 g/mol. The van der Waals surface area contributed by atoms with Gasteiger partial charge in [0.15, 0.2) is 0 Å². The summed E-state index contributed by atoms with van der Waals surface area (Å²) in [6.45, 7) is 3.90. The van der Waals surface area contributed by atoms with E-state index < -0.39 is 0 Å². The van der Waals surface area contributed by atoms with Gasteiger partial charge in [0.25, 0.3) is 0 Å². The summed E-state index contributed by atoms with van der Waals surface area (Å²) < 4.78 is 0. The van der Waals surface area contributed by atoms with Gasteiger partial charge in [0.2, 0.25) is 0 Å². The molecule has 2 N–H and O–H groups in total. The highest BCUT2D eigenvalue weighted by molar-refractivity contribution is 6.31. The van der Waals surface area contributed by atoms with Crippen molar-refractivity contribution in [2.24, 2.45) is 5.73 Å². The first kappa shape index (κ1) is 12.0. The third-order valence-corrected chi connectivity index (χ3v) is 3.04. The molecular weight excluding hydrogens is 234 g/mol. The molecule has 0 aliphatic heterocycles. The van der Waals surface area contributed by atoms with Gasteiger partial charge in [0.1, 0.15) is 5.82 Å². The van der Waals surface area contributed by atoms with Crippen LogP contribution in [0.2, 0.25) is 5.02 Å². The maximum absolute atomic E-state index is 6.10. The second kappa shape index (κ2) is 4.82. The summed E-state index contributed by atoms with van der Waals surface area (Å²) in [4.78, 5) is 8.45. The molecule has 0 fully saturated rings. The van der Waals surface area contributed by atoms with E-state index in [-0.39, 0.29) is 6.04 Å². The van der Waals surface area contributed by atoms with E-state index in [1.165, 1.54) is 0 Å². The maximum Gasteiger partial charge on any atom is 0.149 e. The van der Waals surface area contributed by atoms with Crippen LogP contribution in [0.5, 0.6) is 0 Å². The first-order chi connectivity index (χ1) is 8.08. The van der Waals surface area contributed by atoms with Crippen LogP contribution < -0.4 is 5.73 Å². The van der Waals surface area contributed by atoms with Gasteiger partial charge in [-0.1, -0.05) is 23.7 Å². The Morgan fingerprint density at radius 2 is 1.82 bits per heavy atom. The van der Waals surface area contributed by atoms with E-state index in [9.17, 15) is 0 Å². The van der Waals surface area contributed by atoms with Gasteiger partial charge in [0.05, 0.1) is 6.04 Å². The average Bonchev–Trinajstić information content (AvgIpc) is 2.33. The summed E-state index contributed by atoms with van der Waals surface area (Å²) >= 11 is 6.07. The fourth-order valence-electron chi connectivity index (χ4n) is 1.51. The number of aromatic nitrogens is 2. The molecule has 1 heterocycles. The van der Waals surface area contributed by atoms with E-state index in [4.69, 9.17) is 17.3 Å². The molecule has 1 unspecified atom stereocenters. The lowest BCUT2D eigenvalue weighted by atomic mass is 10.1. The van der Waals surface area contributed by atoms with E-state index in [1.807, 2.05) is 32.0 Å². The quantitative estimate of drug-likeness (QED) is 0.888. The Hall–Kier alpha value is -1.45. The number of rotatable bonds is 2. The first-order valence-electron chi connectivity index (χ1n) is 5.38. The van der Waals surface area contributed by atoms with E-state index in [1.54, 1.807) is 12.4 Å². The zero-order valence-electron chi connectivity index (χ0n) is 9.81. The van der Waals surface area contributed by atoms with Crippen LogP contribution in [0.3, 0.4) is 0 Å². The molecule has 0 saturated carbocycles. The highest BCUT2D eigenvalue weighted by Gasteiger charge is 2.12. The zero-order valence-corrected chi connectivity index (χ0v) is 10.6. The third kappa shape index (κ3) is 2.62. The summed E-state index contributed by atoms with van der Waals surface area (Å²) in [7, 11) is 0. The number of halogens is 1. The highest BCUT2D eigenvalue weighted by atomic mass is 35.5. The highest BCUT2D eigenvalue weighted by Crippen LogP contribution is 2.22. The Kier molecular flexibility index (Phi) is 3.41. The van der Waals surface area contributed by atoms with Crippen LogP contribution in [0.15, 0.2) is 30.6 Å². The van der Waals surface area contributed by atoms with Gasteiger partial charge < -0.3 is 5.73 Å². The molecule has 0 bridgehead atoms. The second-order valence-corrected chi connectivity index (χ2v) is 4.51. The Bertz CT molecular complexity index is 523. The van der Waals surface area contributed by atoms with Crippen molar-refractivity contribution in [3.63, 3.8) is 0 Å². The molecule has 3 nitrogen and oxygen atoms in total. The van der Waals surface area contributed by atoms with Gasteiger partial charge >= 0.3 is 0 Å². The first-order valence-corrected chi connectivity index (χ1v) is 5.76. The van der Waals surface area contributed by atoms with E-state index in [2.05, 4.69) is 9.97 Å². The van der Waals surface area contributed by atoms with Gasteiger partial charge in [-0.05, 0) is 36.6 Å². The number of nitrogens with zero attached hydrogens (tertiary/aromatic N) is 2. The summed E-state index contributed by atoms with van der Waals surface area (Å²) in [5.41, 5.74) is 9.07. The van der Waals surface area contributed by atoms with Crippen LogP contribution >= 0.6 is 11.6 Å². The van der Waals surface area contributed by atoms with Gasteiger partial charge in [-0.3, -0.25) is 0 Å². The summed E-state index contributed by atoms with van der Waals surface area (Å²) in [6, 6.07) is 5.43. The van der Waals surface area contributed by atoms with Crippen LogP contribution in [-0.4, -0.2) is 9.97 Å². The topological polar surface area (TPSA) is 51.8 Å².